The summed E-state index contributed by atoms with van der Waals surface area (Å²) in [5.74, 6) is 0.567. The molecule has 0 radical (unpaired) electrons. The minimum absolute atomic E-state index is 0.0775. The van der Waals surface area contributed by atoms with Crippen LogP contribution in [0.4, 0.5) is 0 Å². The van der Waals surface area contributed by atoms with Gasteiger partial charge < -0.3 is 10.6 Å². The van der Waals surface area contributed by atoms with Crippen molar-refractivity contribution in [3.8, 4) is 0 Å². The van der Waals surface area contributed by atoms with Crippen LogP contribution in [0.3, 0.4) is 0 Å². The number of hydrogen-bond acceptors (Lipinski definition) is 2. The Kier molecular flexibility index (Phi) is 4.25. The van der Waals surface area contributed by atoms with Crippen molar-refractivity contribution >= 4 is 5.91 Å². The van der Waals surface area contributed by atoms with Gasteiger partial charge in [-0.05, 0) is 57.3 Å². The van der Waals surface area contributed by atoms with Crippen molar-refractivity contribution in [3.63, 3.8) is 0 Å². The lowest BCUT2D eigenvalue weighted by Crippen LogP contribution is -2.48. The van der Waals surface area contributed by atoms with Gasteiger partial charge >= 0.3 is 0 Å². The molecule has 1 aliphatic rings. The van der Waals surface area contributed by atoms with E-state index in [1.807, 2.05) is 13.8 Å². The van der Waals surface area contributed by atoms with Crippen LogP contribution >= 0.6 is 0 Å². The standard InChI is InChI=1S/C16H24N2O/c1-10-7-11(2)15(12(3)8-10)16(19)18-14-5-6-17-9-13(14)4/h7-8,13-14,17H,5-6,9H2,1-4H3,(H,18,19). The second-order valence-electron chi connectivity index (χ2n) is 5.82. The predicted octanol–water partition coefficient (Wildman–Crippen LogP) is 2.34. The zero-order valence-electron chi connectivity index (χ0n) is 12.3. The average Bonchev–Trinajstić information content (AvgIpc) is 2.30. The minimum atomic E-state index is 0.0775. The molecule has 2 N–H and O–H groups in total. The molecule has 1 fully saturated rings. The molecule has 1 aromatic carbocycles. The molecule has 1 aliphatic heterocycles. The number of hydrogen-bond donors (Lipinski definition) is 2. The van der Waals surface area contributed by atoms with Gasteiger partial charge in [-0.2, -0.15) is 0 Å². The highest BCUT2D eigenvalue weighted by Gasteiger charge is 2.24. The van der Waals surface area contributed by atoms with Crippen molar-refractivity contribution in [2.24, 2.45) is 5.92 Å². The first-order valence-electron chi connectivity index (χ1n) is 7.08. The molecule has 1 saturated heterocycles. The first-order valence-corrected chi connectivity index (χ1v) is 7.08. The molecule has 1 heterocycles. The summed E-state index contributed by atoms with van der Waals surface area (Å²) in [5, 5.41) is 6.56. The third-order valence-electron chi connectivity index (χ3n) is 4.01. The lowest BCUT2D eigenvalue weighted by Gasteiger charge is -2.30. The monoisotopic (exact) mass is 260 g/mol. The quantitative estimate of drug-likeness (QED) is 0.857. The number of piperidine rings is 1. The number of benzene rings is 1. The highest BCUT2D eigenvalue weighted by atomic mass is 16.1. The van der Waals surface area contributed by atoms with Gasteiger partial charge in [0.2, 0.25) is 0 Å². The van der Waals surface area contributed by atoms with Crippen molar-refractivity contribution in [2.75, 3.05) is 13.1 Å². The van der Waals surface area contributed by atoms with E-state index in [-0.39, 0.29) is 11.9 Å². The number of nitrogens with one attached hydrogen (secondary N) is 2. The van der Waals surface area contributed by atoms with Crippen molar-refractivity contribution in [2.45, 2.75) is 40.2 Å². The van der Waals surface area contributed by atoms with Crippen molar-refractivity contribution < 1.29 is 4.79 Å². The summed E-state index contributed by atoms with van der Waals surface area (Å²) in [6, 6.07) is 4.44. The largest absolute Gasteiger partial charge is 0.349 e. The summed E-state index contributed by atoms with van der Waals surface area (Å²) in [6.07, 6.45) is 1.01. The number of amides is 1. The third-order valence-corrected chi connectivity index (χ3v) is 4.01. The molecule has 0 saturated carbocycles. The fourth-order valence-electron chi connectivity index (χ4n) is 3.01. The van der Waals surface area contributed by atoms with Gasteiger partial charge in [-0.25, -0.2) is 0 Å². The Morgan fingerprint density at radius 1 is 1.26 bits per heavy atom. The fraction of sp³-hybridized carbons (Fsp3) is 0.562. The molecule has 19 heavy (non-hydrogen) atoms. The van der Waals surface area contributed by atoms with Crippen molar-refractivity contribution in [3.05, 3.63) is 34.4 Å². The number of carbonyl (C=O) groups is 1. The maximum atomic E-state index is 12.5. The van der Waals surface area contributed by atoms with E-state index in [2.05, 4.69) is 36.6 Å². The molecule has 2 unspecified atom stereocenters. The normalized spacial score (nSPS) is 23.2. The van der Waals surface area contributed by atoms with Crippen LogP contribution in [0.1, 0.15) is 40.4 Å². The van der Waals surface area contributed by atoms with Crippen LogP contribution in [0, 0.1) is 26.7 Å². The van der Waals surface area contributed by atoms with Crippen LogP contribution in [0.5, 0.6) is 0 Å². The Morgan fingerprint density at radius 3 is 2.47 bits per heavy atom. The summed E-state index contributed by atoms with van der Waals surface area (Å²) in [7, 11) is 0. The summed E-state index contributed by atoms with van der Waals surface area (Å²) in [4.78, 5) is 12.5. The van der Waals surface area contributed by atoms with E-state index in [4.69, 9.17) is 0 Å². The zero-order chi connectivity index (χ0) is 14.0. The third kappa shape index (κ3) is 3.16. The van der Waals surface area contributed by atoms with Gasteiger partial charge in [0.1, 0.15) is 0 Å². The van der Waals surface area contributed by atoms with Gasteiger partial charge in [-0.3, -0.25) is 4.79 Å². The van der Waals surface area contributed by atoms with E-state index < -0.39 is 0 Å². The van der Waals surface area contributed by atoms with E-state index in [0.29, 0.717) is 5.92 Å². The molecule has 0 aromatic heterocycles. The molecular weight excluding hydrogens is 236 g/mol. The lowest BCUT2D eigenvalue weighted by molar-refractivity contribution is 0.0913. The topological polar surface area (TPSA) is 41.1 Å². The SMILES string of the molecule is Cc1cc(C)c(C(=O)NC2CCNCC2C)c(C)c1. The van der Waals surface area contributed by atoms with Crippen molar-refractivity contribution in [1.29, 1.82) is 0 Å². The van der Waals surface area contributed by atoms with Crippen LogP contribution in [0.2, 0.25) is 0 Å². The van der Waals surface area contributed by atoms with Gasteiger partial charge in [-0.15, -0.1) is 0 Å². The molecule has 2 rings (SSSR count). The van der Waals surface area contributed by atoms with Crippen LogP contribution in [-0.4, -0.2) is 25.0 Å². The molecule has 3 heteroatoms. The smallest absolute Gasteiger partial charge is 0.252 e. The van der Waals surface area contributed by atoms with Gasteiger partial charge in [0, 0.05) is 11.6 Å². The van der Waals surface area contributed by atoms with Gasteiger partial charge in [0.15, 0.2) is 0 Å². The van der Waals surface area contributed by atoms with Crippen LogP contribution < -0.4 is 10.6 Å². The molecule has 1 aromatic rings. The van der Waals surface area contributed by atoms with Crippen LogP contribution in [0.25, 0.3) is 0 Å². The molecule has 0 bridgehead atoms. The van der Waals surface area contributed by atoms with E-state index in [1.54, 1.807) is 0 Å². The van der Waals surface area contributed by atoms with Crippen LogP contribution in [0.15, 0.2) is 12.1 Å². The second-order valence-corrected chi connectivity index (χ2v) is 5.82. The summed E-state index contributed by atoms with van der Waals surface area (Å²) < 4.78 is 0. The van der Waals surface area contributed by atoms with Gasteiger partial charge in [-0.1, -0.05) is 24.6 Å². The molecule has 2 atom stereocenters. The molecule has 1 amide bonds. The molecule has 3 nitrogen and oxygen atoms in total. The van der Waals surface area contributed by atoms with Crippen LogP contribution in [-0.2, 0) is 0 Å². The molecule has 0 spiro atoms. The number of rotatable bonds is 2. The van der Waals surface area contributed by atoms with E-state index in [1.165, 1.54) is 5.56 Å². The van der Waals surface area contributed by atoms with E-state index >= 15 is 0 Å². The highest BCUT2D eigenvalue weighted by Crippen LogP contribution is 2.18. The van der Waals surface area contributed by atoms with Crippen molar-refractivity contribution in [1.82, 2.24) is 10.6 Å². The Morgan fingerprint density at radius 2 is 1.89 bits per heavy atom. The predicted molar refractivity (Wildman–Crippen MR) is 78.6 cm³/mol. The Labute approximate surface area is 115 Å². The van der Waals surface area contributed by atoms with E-state index in [9.17, 15) is 4.79 Å². The Bertz CT molecular complexity index is 459. The Hall–Kier alpha value is -1.35. The fourth-order valence-corrected chi connectivity index (χ4v) is 3.01. The summed E-state index contributed by atoms with van der Waals surface area (Å²) >= 11 is 0. The van der Waals surface area contributed by atoms with Gasteiger partial charge in [0.25, 0.3) is 5.91 Å². The maximum Gasteiger partial charge on any atom is 0.252 e. The summed E-state index contributed by atoms with van der Waals surface area (Å²) in [5.41, 5.74) is 4.19. The second kappa shape index (κ2) is 5.74. The Balaban J connectivity index is 2.16. The minimum Gasteiger partial charge on any atom is -0.349 e. The lowest BCUT2D eigenvalue weighted by atomic mass is 9.93. The summed E-state index contributed by atoms with van der Waals surface area (Å²) in [6.45, 7) is 10.3. The highest BCUT2D eigenvalue weighted by molar-refractivity contribution is 5.97. The number of carbonyl (C=O) groups excluding carboxylic acids is 1. The zero-order valence-corrected chi connectivity index (χ0v) is 12.3. The molecular formula is C16H24N2O. The molecule has 104 valence electrons. The first kappa shape index (κ1) is 14.1. The average molecular weight is 260 g/mol. The molecule has 0 aliphatic carbocycles. The van der Waals surface area contributed by atoms with E-state index in [0.717, 1.165) is 36.2 Å². The maximum absolute atomic E-state index is 12.5. The number of aryl methyl sites for hydroxylation is 3. The van der Waals surface area contributed by atoms with Gasteiger partial charge in [0.05, 0.1) is 0 Å². The first-order chi connectivity index (χ1) is 8.99.